The minimum atomic E-state index is -0.526. The van der Waals surface area contributed by atoms with Crippen molar-refractivity contribution in [2.75, 3.05) is 7.05 Å². The van der Waals surface area contributed by atoms with Crippen LogP contribution in [0.3, 0.4) is 0 Å². The second-order valence-electron chi connectivity index (χ2n) is 2.89. The first kappa shape index (κ1) is 9.96. The molecule has 0 aliphatic rings. The molecule has 1 amide bonds. The molecule has 0 radical (unpaired) electrons. The number of nitrogens with zero attached hydrogens (tertiary/aromatic N) is 2. The molecule has 3 nitrogen and oxygen atoms in total. The van der Waals surface area contributed by atoms with Gasteiger partial charge in [-0.05, 0) is 20.8 Å². The highest BCUT2D eigenvalue weighted by Crippen LogP contribution is 2.02. The van der Waals surface area contributed by atoms with Crippen molar-refractivity contribution in [3.8, 4) is 6.07 Å². The van der Waals surface area contributed by atoms with Crippen molar-refractivity contribution in [1.29, 1.82) is 5.26 Å². The van der Waals surface area contributed by atoms with Gasteiger partial charge in [0, 0.05) is 13.1 Å². The molecule has 0 heterocycles. The van der Waals surface area contributed by atoms with Crippen LogP contribution in [0.25, 0.3) is 0 Å². The molecule has 0 saturated heterocycles. The van der Waals surface area contributed by atoms with Gasteiger partial charge in [-0.25, -0.2) is 0 Å². The Balaban J connectivity index is 4.16. The molecule has 0 spiro atoms. The average Bonchev–Trinajstić information content (AvgIpc) is 2.00. The molecule has 0 N–H and O–H groups in total. The summed E-state index contributed by atoms with van der Waals surface area (Å²) in [7, 11) is 1.71. The van der Waals surface area contributed by atoms with Crippen LogP contribution in [0, 0.1) is 17.2 Å². The molecular formula is C8H14N2O. The van der Waals surface area contributed by atoms with Crippen molar-refractivity contribution in [3.05, 3.63) is 0 Å². The highest BCUT2D eigenvalue weighted by Gasteiger charge is 2.18. The normalized spacial score (nSPS) is 12.4. The fourth-order valence-corrected chi connectivity index (χ4v) is 0.615. The van der Waals surface area contributed by atoms with Crippen LogP contribution in [-0.4, -0.2) is 23.9 Å². The van der Waals surface area contributed by atoms with Crippen LogP contribution in [0.5, 0.6) is 0 Å². The van der Waals surface area contributed by atoms with Crippen molar-refractivity contribution in [1.82, 2.24) is 4.90 Å². The number of amides is 1. The minimum Gasteiger partial charge on any atom is -0.342 e. The van der Waals surface area contributed by atoms with E-state index in [1.807, 2.05) is 19.9 Å². The van der Waals surface area contributed by atoms with Crippen molar-refractivity contribution >= 4 is 5.91 Å². The summed E-state index contributed by atoms with van der Waals surface area (Å²) in [5.74, 6) is -0.634. The monoisotopic (exact) mass is 154 g/mol. The van der Waals surface area contributed by atoms with Gasteiger partial charge < -0.3 is 4.90 Å². The third kappa shape index (κ3) is 2.58. The minimum absolute atomic E-state index is 0.109. The first-order valence-electron chi connectivity index (χ1n) is 3.67. The second kappa shape index (κ2) is 3.97. The van der Waals surface area contributed by atoms with Gasteiger partial charge in [-0.15, -0.1) is 0 Å². The maximum Gasteiger partial charge on any atom is 0.239 e. The van der Waals surface area contributed by atoms with Gasteiger partial charge in [-0.3, -0.25) is 4.79 Å². The van der Waals surface area contributed by atoms with Crippen LogP contribution in [0.15, 0.2) is 0 Å². The largest absolute Gasteiger partial charge is 0.342 e. The van der Waals surface area contributed by atoms with Crippen molar-refractivity contribution in [3.63, 3.8) is 0 Å². The maximum atomic E-state index is 11.2. The van der Waals surface area contributed by atoms with Crippen molar-refractivity contribution in [2.24, 2.45) is 5.92 Å². The highest BCUT2D eigenvalue weighted by molar-refractivity contribution is 5.80. The molecule has 1 atom stereocenters. The Hall–Kier alpha value is -1.04. The lowest BCUT2D eigenvalue weighted by atomic mass is 10.1. The molecular weight excluding hydrogens is 140 g/mol. The summed E-state index contributed by atoms with van der Waals surface area (Å²) in [4.78, 5) is 12.8. The number of hydrogen-bond acceptors (Lipinski definition) is 2. The van der Waals surface area contributed by atoms with E-state index < -0.39 is 5.92 Å². The first-order chi connectivity index (χ1) is 5.00. The number of carbonyl (C=O) groups is 1. The smallest absolute Gasteiger partial charge is 0.239 e. The summed E-state index contributed by atoms with van der Waals surface area (Å²) in [6.07, 6.45) is 0. The molecule has 0 aliphatic heterocycles. The second-order valence-corrected chi connectivity index (χ2v) is 2.89. The van der Waals surface area contributed by atoms with Crippen LogP contribution in [0.1, 0.15) is 20.8 Å². The zero-order valence-electron chi connectivity index (χ0n) is 7.46. The van der Waals surface area contributed by atoms with Crippen molar-refractivity contribution < 1.29 is 4.79 Å². The van der Waals surface area contributed by atoms with Crippen LogP contribution in [-0.2, 0) is 4.79 Å². The van der Waals surface area contributed by atoms with Crippen LogP contribution in [0.4, 0.5) is 0 Å². The molecule has 1 unspecified atom stereocenters. The summed E-state index contributed by atoms with van der Waals surface area (Å²) in [5.41, 5.74) is 0. The fourth-order valence-electron chi connectivity index (χ4n) is 0.615. The highest BCUT2D eigenvalue weighted by atomic mass is 16.2. The van der Waals surface area contributed by atoms with Crippen molar-refractivity contribution in [2.45, 2.75) is 26.8 Å². The van der Waals surface area contributed by atoms with Gasteiger partial charge >= 0.3 is 0 Å². The average molecular weight is 154 g/mol. The molecule has 0 aromatic heterocycles. The number of nitriles is 1. The van der Waals surface area contributed by atoms with Gasteiger partial charge in [0.15, 0.2) is 0 Å². The molecule has 0 saturated carbocycles. The lowest BCUT2D eigenvalue weighted by Crippen LogP contribution is -2.36. The Labute approximate surface area is 67.6 Å². The van der Waals surface area contributed by atoms with Gasteiger partial charge in [-0.1, -0.05) is 0 Å². The van der Waals surface area contributed by atoms with Crippen LogP contribution >= 0.6 is 0 Å². The summed E-state index contributed by atoms with van der Waals surface area (Å²) >= 11 is 0. The van der Waals surface area contributed by atoms with E-state index >= 15 is 0 Å². The van der Waals surface area contributed by atoms with Gasteiger partial charge in [0.05, 0.1) is 6.07 Å². The molecule has 11 heavy (non-hydrogen) atoms. The van der Waals surface area contributed by atoms with E-state index in [1.54, 1.807) is 18.9 Å². The molecule has 0 rings (SSSR count). The Morgan fingerprint density at radius 2 is 1.91 bits per heavy atom. The molecule has 0 fully saturated rings. The van der Waals surface area contributed by atoms with Gasteiger partial charge in [0.1, 0.15) is 5.92 Å². The molecule has 62 valence electrons. The lowest BCUT2D eigenvalue weighted by Gasteiger charge is -2.22. The molecule has 0 aromatic carbocycles. The summed E-state index contributed by atoms with van der Waals surface area (Å²) in [5, 5.41) is 8.44. The quantitative estimate of drug-likeness (QED) is 0.596. The number of rotatable bonds is 2. The van der Waals surface area contributed by atoms with E-state index in [4.69, 9.17) is 5.26 Å². The summed E-state index contributed by atoms with van der Waals surface area (Å²) in [6.45, 7) is 5.45. The number of hydrogen-bond donors (Lipinski definition) is 0. The first-order valence-corrected chi connectivity index (χ1v) is 3.67. The van der Waals surface area contributed by atoms with E-state index in [1.165, 1.54) is 0 Å². The molecule has 0 bridgehead atoms. The zero-order chi connectivity index (χ0) is 9.02. The lowest BCUT2D eigenvalue weighted by molar-refractivity contribution is -0.133. The topological polar surface area (TPSA) is 44.1 Å². The van der Waals surface area contributed by atoms with Crippen LogP contribution < -0.4 is 0 Å². The third-order valence-electron chi connectivity index (χ3n) is 1.69. The Morgan fingerprint density at radius 3 is 2.18 bits per heavy atom. The summed E-state index contributed by atoms with van der Waals surface area (Å²) in [6, 6.07) is 2.07. The zero-order valence-corrected chi connectivity index (χ0v) is 7.46. The predicted octanol–water partition coefficient (Wildman–Crippen LogP) is 1.01. The fraction of sp³-hybridized carbons (Fsp3) is 0.750. The Kier molecular flexibility index (Phi) is 3.59. The van der Waals surface area contributed by atoms with Gasteiger partial charge in [0.25, 0.3) is 0 Å². The molecule has 0 aliphatic carbocycles. The maximum absolute atomic E-state index is 11.2. The predicted molar refractivity (Wildman–Crippen MR) is 42.7 cm³/mol. The Bertz CT molecular complexity index is 181. The van der Waals surface area contributed by atoms with Gasteiger partial charge in [-0.2, -0.15) is 5.26 Å². The van der Waals surface area contributed by atoms with Crippen LogP contribution in [0.2, 0.25) is 0 Å². The van der Waals surface area contributed by atoms with E-state index in [0.717, 1.165) is 0 Å². The molecule has 3 heteroatoms. The number of carbonyl (C=O) groups excluding carboxylic acids is 1. The standard InChI is InChI=1S/C8H14N2O/c1-6(2)10(4)8(11)7(3)5-9/h6-7H,1-4H3. The van der Waals surface area contributed by atoms with E-state index in [0.29, 0.717) is 0 Å². The van der Waals surface area contributed by atoms with E-state index in [2.05, 4.69) is 0 Å². The third-order valence-corrected chi connectivity index (χ3v) is 1.69. The Morgan fingerprint density at radius 1 is 1.45 bits per heavy atom. The molecule has 0 aromatic rings. The van der Waals surface area contributed by atoms with Gasteiger partial charge in [0.2, 0.25) is 5.91 Å². The van der Waals surface area contributed by atoms with E-state index in [9.17, 15) is 4.79 Å². The SMILES string of the molecule is CC(C#N)C(=O)N(C)C(C)C. The van der Waals surface area contributed by atoms with E-state index in [-0.39, 0.29) is 11.9 Å². The summed E-state index contributed by atoms with van der Waals surface area (Å²) < 4.78 is 0.